The number of nitro groups is 1. The van der Waals surface area contributed by atoms with Gasteiger partial charge in [0, 0.05) is 29.3 Å². The van der Waals surface area contributed by atoms with Gasteiger partial charge in [-0.1, -0.05) is 30.3 Å². The van der Waals surface area contributed by atoms with E-state index in [1.165, 1.54) is 17.7 Å². The molecule has 5 heteroatoms. The molecule has 1 saturated carbocycles. The highest BCUT2D eigenvalue weighted by atomic mass is 16.6. The van der Waals surface area contributed by atoms with Crippen molar-refractivity contribution in [2.24, 2.45) is 0 Å². The zero-order chi connectivity index (χ0) is 19.0. The van der Waals surface area contributed by atoms with Crippen LogP contribution in [0.25, 0.3) is 11.1 Å². The number of aromatic nitrogens is 1. The van der Waals surface area contributed by atoms with Gasteiger partial charge in [0.05, 0.1) is 16.2 Å². The number of benzene rings is 2. The second-order valence-corrected chi connectivity index (χ2v) is 6.83. The third kappa shape index (κ3) is 3.18. The summed E-state index contributed by atoms with van der Waals surface area (Å²) in [5.74, 6) is 0.798. The highest BCUT2D eigenvalue weighted by Crippen LogP contribution is 2.54. The lowest BCUT2D eigenvalue weighted by Crippen LogP contribution is -1.99. The van der Waals surface area contributed by atoms with Gasteiger partial charge in [0.25, 0.3) is 5.69 Å². The quantitative estimate of drug-likeness (QED) is 0.481. The molecule has 3 aromatic rings. The van der Waals surface area contributed by atoms with Crippen LogP contribution < -0.4 is 0 Å². The van der Waals surface area contributed by atoms with E-state index in [1.54, 1.807) is 12.1 Å². The van der Waals surface area contributed by atoms with Crippen molar-refractivity contribution >= 4 is 5.69 Å². The van der Waals surface area contributed by atoms with Crippen LogP contribution in [-0.2, 0) is 0 Å². The van der Waals surface area contributed by atoms with Gasteiger partial charge in [-0.25, -0.2) is 0 Å². The predicted molar refractivity (Wildman–Crippen MR) is 102 cm³/mol. The van der Waals surface area contributed by atoms with Crippen LogP contribution in [0.5, 0.6) is 0 Å². The van der Waals surface area contributed by atoms with E-state index in [4.69, 9.17) is 0 Å². The largest absolute Gasteiger partial charge is 0.269 e. The van der Waals surface area contributed by atoms with Crippen LogP contribution in [0.1, 0.15) is 40.8 Å². The van der Waals surface area contributed by atoms with Gasteiger partial charge in [-0.2, -0.15) is 5.26 Å². The summed E-state index contributed by atoms with van der Waals surface area (Å²) in [5.41, 5.74) is 5.12. The van der Waals surface area contributed by atoms with Gasteiger partial charge in [0.1, 0.15) is 6.07 Å². The monoisotopic (exact) mass is 355 g/mol. The van der Waals surface area contributed by atoms with Gasteiger partial charge in [0.2, 0.25) is 0 Å². The molecule has 0 N–H and O–H groups in total. The second-order valence-electron chi connectivity index (χ2n) is 6.83. The number of aryl methyl sites for hydroxylation is 1. The van der Waals surface area contributed by atoms with Crippen molar-refractivity contribution in [1.82, 2.24) is 4.98 Å². The molecule has 1 aliphatic carbocycles. The molecule has 2 unspecified atom stereocenters. The van der Waals surface area contributed by atoms with Gasteiger partial charge in [-0.15, -0.1) is 0 Å². The van der Waals surface area contributed by atoms with Crippen molar-refractivity contribution in [2.45, 2.75) is 25.2 Å². The standard InChI is InChI=1S/C22H17N3O2/c1-14-21(13-23)19(16-7-9-17(10-8-16)25(26)27)12-22(24-14)20-11-18(20)15-5-3-2-4-6-15/h2-10,12,18,20H,11H2,1H3. The summed E-state index contributed by atoms with van der Waals surface area (Å²) in [6.07, 6.45) is 1.04. The molecular weight excluding hydrogens is 338 g/mol. The second kappa shape index (κ2) is 6.65. The highest BCUT2D eigenvalue weighted by molar-refractivity contribution is 5.73. The Balaban J connectivity index is 1.72. The maximum atomic E-state index is 10.9. The molecule has 132 valence electrons. The fraction of sp³-hybridized carbons (Fsp3) is 0.182. The SMILES string of the molecule is Cc1nc(C2CC2c2ccccc2)cc(-c2ccc([N+](=O)[O-])cc2)c1C#N. The van der Waals surface area contributed by atoms with E-state index >= 15 is 0 Å². The minimum Gasteiger partial charge on any atom is -0.258 e. The predicted octanol–water partition coefficient (Wildman–Crippen LogP) is 5.11. The molecule has 2 aromatic carbocycles. The van der Waals surface area contributed by atoms with Crippen molar-refractivity contribution in [1.29, 1.82) is 5.26 Å². The molecule has 0 aliphatic heterocycles. The molecule has 27 heavy (non-hydrogen) atoms. The van der Waals surface area contributed by atoms with Gasteiger partial charge in [0.15, 0.2) is 0 Å². The van der Waals surface area contributed by atoms with E-state index in [2.05, 4.69) is 23.2 Å². The fourth-order valence-corrected chi connectivity index (χ4v) is 3.61. The Morgan fingerprint density at radius 2 is 1.81 bits per heavy atom. The zero-order valence-corrected chi connectivity index (χ0v) is 14.8. The summed E-state index contributed by atoms with van der Waals surface area (Å²) in [6, 6.07) is 20.9. The molecule has 1 fully saturated rings. The first-order valence-corrected chi connectivity index (χ1v) is 8.80. The van der Waals surface area contributed by atoms with E-state index in [1.807, 2.05) is 31.2 Å². The van der Waals surface area contributed by atoms with E-state index in [-0.39, 0.29) is 5.69 Å². The van der Waals surface area contributed by atoms with Crippen LogP contribution in [0.4, 0.5) is 5.69 Å². The van der Waals surface area contributed by atoms with E-state index in [0.717, 1.165) is 23.2 Å². The lowest BCUT2D eigenvalue weighted by Gasteiger charge is -2.10. The molecule has 0 bridgehead atoms. The highest BCUT2D eigenvalue weighted by Gasteiger charge is 2.40. The van der Waals surface area contributed by atoms with Gasteiger partial charge < -0.3 is 0 Å². The Morgan fingerprint density at radius 3 is 2.44 bits per heavy atom. The first-order valence-electron chi connectivity index (χ1n) is 8.80. The normalized spacial score (nSPS) is 17.9. The van der Waals surface area contributed by atoms with Gasteiger partial charge >= 0.3 is 0 Å². The molecule has 1 aromatic heterocycles. The summed E-state index contributed by atoms with van der Waals surface area (Å²) in [7, 11) is 0. The third-order valence-electron chi connectivity index (χ3n) is 5.12. The molecule has 5 nitrogen and oxygen atoms in total. The first-order chi connectivity index (χ1) is 13.1. The number of nitriles is 1. The molecule has 0 saturated heterocycles. The lowest BCUT2D eigenvalue weighted by molar-refractivity contribution is -0.384. The minimum absolute atomic E-state index is 0.0367. The average Bonchev–Trinajstić information content (AvgIpc) is 3.49. The topological polar surface area (TPSA) is 79.8 Å². The summed E-state index contributed by atoms with van der Waals surface area (Å²) < 4.78 is 0. The van der Waals surface area contributed by atoms with Crippen LogP contribution in [0.15, 0.2) is 60.7 Å². The van der Waals surface area contributed by atoms with Crippen LogP contribution in [0.2, 0.25) is 0 Å². The van der Waals surface area contributed by atoms with Crippen molar-refractivity contribution in [3.05, 3.63) is 93.3 Å². The Kier molecular flexibility index (Phi) is 4.17. The number of nitro benzene ring substituents is 1. The number of pyridine rings is 1. The number of hydrogen-bond acceptors (Lipinski definition) is 4. The van der Waals surface area contributed by atoms with Crippen LogP contribution in [0, 0.1) is 28.4 Å². The Morgan fingerprint density at radius 1 is 1.11 bits per heavy atom. The maximum Gasteiger partial charge on any atom is 0.269 e. The first kappa shape index (κ1) is 16.9. The smallest absolute Gasteiger partial charge is 0.258 e. The van der Waals surface area contributed by atoms with Gasteiger partial charge in [-0.05, 0) is 48.6 Å². The zero-order valence-electron chi connectivity index (χ0n) is 14.8. The molecule has 2 atom stereocenters. The third-order valence-corrected chi connectivity index (χ3v) is 5.12. The number of rotatable bonds is 4. The summed E-state index contributed by atoms with van der Waals surface area (Å²) in [6.45, 7) is 1.84. The molecule has 0 amide bonds. The Bertz CT molecular complexity index is 1050. The Labute approximate surface area is 157 Å². The van der Waals surface area contributed by atoms with Crippen LogP contribution >= 0.6 is 0 Å². The van der Waals surface area contributed by atoms with Crippen molar-refractivity contribution < 1.29 is 4.92 Å². The number of hydrogen-bond donors (Lipinski definition) is 0. The molecule has 0 spiro atoms. The van der Waals surface area contributed by atoms with Crippen molar-refractivity contribution in [3.8, 4) is 17.2 Å². The summed E-state index contributed by atoms with van der Waals surface area (Å²) >= 11 is 0. The molecule has 4 rings (SSSR count). The fourth-order valence-electron chi connectivity index (χ4n) is 3.61. The number of non-ortho nitro benzene ring substituents is 1. The minimum atomic E-state index is -0.424. The molecule has 0 radical (unpaired) electrons. The number of nitrogens with zero attached hydrogens (tertiary/aromatic N) is 3. The molecule has 1 heterocycles. The molecular formula is C22H17N3O2. The van der Waals surface area contributed by atoms with E-state index < -0.39 is 4.92 Å². The average molecular weight is 355 g/mol. The Hall–Kier alpha value is -3.52. The lowest BCUT2D eigenvalue weighted by atomic mass is 9.97. The maximum absolute atomic E-state index is 10.9. The summed E-state index contributed by atoms with van der Waals surface area (Å²) in [5, 5.41) is 20.5. The summed E-state index contributed by atoms with van der Waals surface area (Å²) in [4.78, 5) is 15.2. The van der Waals surface area contributed by atoms with Crippen molar-refractivity contribution in [3.63, 3.8) is 0 Å². The van der Waals surface area contributed by atoms with E-state index in [9.17, 15) is 15.4 Å². The van der Waals surface area contributed by atoms with E-state index in [0.29, 0.717) is 23.1 Å². The van der Waals surface area contributed by atoms with Gasteiger partial charge in [-0.3, -0.25) is 15.1 Å². The van der Waals surface area contributed by atoms with Crippen LogP contribution in [-0.4, -0.2) is 9.91 Å². The molecule has 1 aliphatic rings. The van der Waals surface area contributed by atoms with Crippen molar-refractivity contribution in [2.75, 3.05) is 0 Å². The van der Waals surface area contributed by atoms with Crippen LogP contribution in [0.3, 0.4) is 0 Å².